The van der Waals surface area contributed by atoms with Gasteiger partial charge in [-0.3, -0.25) is 10.2 Å². The second-order valence-electron chi connectivity index (χ2n) is 5.29. The zero-order valence-corrected chi connectivity index (χ0v) is 15.2. The van der Waals surface area contributed by atoms with Crippen molar-refractivity contribution in [2.75, 3.05) is 0 Å². The molecule has 0 atom stereocenters. The highest BCUT2D eigenvalue weighted by molar-refractivity contribution is 7.89. The van der Waals surface area contributed by atoms with Crippen LogP contribution in [-0.2, 0) is 10.0 Å². The fraction of sp³-hybridized carbons (Fsp3) is 0.0588. The molecule has 0 saturated carbocycles. The lowest BCUT2D eigenvalue weighted by molar-refractivity contribution is 0.0948. The molecule has 134 valence electrons. The molecule has 9 heteroatoms. The molecule has 3 aromatic rings. The number of sulfonamides is 1. The van der Waals surface area contributed by atoms with Crippen LogP contribution in [0.1, 0.15) is 15.4 Å². The smallest absolute Gasteiger partial charge is 0.273 e. The van der Waals surface area contributed by atoms with E-state index in [0.29, 0.717) is 10.7 Å². The standard InChI is InChI=1S/C17H14FN3O3S2/c1-11-15(25-17(19-11)12-7-3-2-4-8-12)16(22)20-21-26(23,24)14-10-6-5-9-13(14)18/h2-10,21H,1H3,(H,20,22). The van der Waals surface area contributed by atoms with E-state index in [-0.39, 0.29) is 4.88 Å². The number of hydrogen-bond donors (Lipinski definition) is 2. The van der Waals surface area contributed by atoms with E-state index in [4.69, 9.17) is 0 Å². The van der Waals surface area contributed by atoms with Crippen molar-refractivity contribution in [3.8, 4) is 10.6 Å². The van der Waals surface area contributed by atoms with Crippen LogP contribution in [0.2, 0.25) is 0 Å². The maximum absolute atomic E-state index is 13.6. The summed E-state index contributed by atoms with van der Waals surface area (Å²) < 4.78 is 37.9. The molecule has 2 N–H and O–H groups in total. The molecule has 0 bridgehead atoms. The molecular weight excluding hydrogens is 377 g/mol. The second-order valence-corrected chi connectivity index (χ2v) is 7.94. The van der Waals surface area contributed by atoms with Crippen molar-refractivity contribution in [2.24, 2.45) is 0 Å². The minimum atomic E-state index is -4.22. The summed E-state index contributed by atoms with van der Waals surface area (Å²) in [6.45, 7) is 1.66. The Labute approximate surface area is 153 Å². The van der Waals surface area contributed by atoms with Gasteiger partial charge in [0.15, 0.2) is 0 Å². The van der Waals surface area contributed by atoms with Gasteiger partial charge in [0.05, 0.1) is 5.69 Å². The molecule has 26 heavy (non-hydrogen) atoms. The first-order valence-electron chi connectivity index (χ1n) is 7.48. The van der Waals surface area contributed by atoms with Crippen LogP contribution in [0, 0.1) is 12.7 Å². The molecule has 0 aliphatic heterocycles. The van der Waals surface area contributed by atoms with Gasteiger partial charge in [0.25, 0.3) is 15.9 Å². The third-order valence-corrected chi connectivity index (χ3v) is 5.93. The average Bonchev–Trinajstić information content (AvgIpc) is 3.03. The Morgan fingerprint density at radius 1 is 1.08 bits per heavy atom. The van der Waals surface area contributed by atoms with E-state index < -0.39 is 26.6 Å². The molecule has 1 amide bonds. The molecule has 6 nitrogen and oxygen atoms in total. The van der Waals surface area contributed by atoms with E-state index in [1.165, 1.54) is 12.1 Å². The molecule has 3 rings (SSSR count). The summed E-state index contributed by atoms with van der Waals surface area (Å²) in [4.78, 5) is 18.3. The SMILES string of the molecule is Cc1nc(-c2ccccc2)sc1C(=O)NNS(=O)(=O)c1ccccc1F. The Kier molecular flexibility index (Phi) is 5.12. The van der Waals surface area contributed by atoms with Gasteiger partial charge in [0.2, 0.25) is 0 Å². The maximum atomic E-state index is 13.6. The van der Waals surface area contributed by atoms with Gasteiger partial charge in [-0.15, -0.1) is 16.2 Å². The lowest BCUT2D eigenvalue weighted by Crippen LogP contribution is -2.41. The number of nitrogens with zero attached hydrogens (tertiary/aromatic N) is 1. The molecule has 1 aromatic heterocycles. The molecule has 1 heterocycles. The van der Waals surface area contributed by atoms with Gasteiger partial charge in [-0.2, -0.15) is 0 Å². The van der Waals surface area contributed by atoms with E-state index in [2.05, 4.69) is 10.4 Å². The molecule has 0 unspecified atom stereocenters. The van der Waals surface area contributed by atoms with Crippen LogP contribution < -0.4 is 10.3 Å². The first-order valence-corrected chi connectivity index (χ1v) is 9.78. The summed E-state index contributed by atoms with van der Waals surface area (Å²) in [7, 11) is -4.22. The Morgan fingerprint density at radius 2 is 1.73 bits per heavy atom. The molecule has 2 aromatic carbocycles. The Balaban J connectivity index is 1.77. The van der Waals surface area contributed by atoms with Gasteiger partial charge in [0.1, 0.15) is 20.6 Å². The number of halogens is 1. The summed E-state index contributed by atoms with van der Waals surface area (Å²) in [5, 5.41) is 0.644. The lowest BCUT2D eigenvalue weighted by atomic mass is 10.2. The number of hydrazine groups is 1. The maximum Gasteiger partial charge on any atom is 0.278 e. The van der Waals surface area contributed by atoms with E-state index in [1.807, 2.05) is 35.2 Å². The number of rotatable bonds is 5. The number of benzene rings is 2. The number of carbonyl (C=O) groups excluding carboxylic acids is 1. The second kappa shape index (κ2) is 7.32. The van der Waals surface area contributed by atoms with Gasteiger partial charge in [0, 0.05) is 5.56 Å². The average molecular weight is 391 g/mol. The zero-order chi connectivity index (χ0) is 18.7. The van der Waals surface area contributed by atoms with Crippen LogP contribution >= 0.6 is 11.3 Å². The highest BCUT2D eigenvalue weighted by Crippen LogP contribution is 2.27. The summed E-state index contributed by atoms with van der Waals surface area (Å²) >= 11 is 1.14. The topological polar surface area (TPSA) is 88.2 Å². The number of carbonyl (C=O) groups is 1. The summed E-state index contributed by atoms with van der Waals surface area (Å²) in [5.74, 6) is -1.57. The molecular formula is C17H14FN3O3S2. The fourth-order valence-corrected chi connectivity index (χ4v) is 4.09. The quantitative estimate of drug-likeness (QED) is 0.655. The van der Waals surface area contributed by atoms with Crippen molar-refractivity contribution in [3.05, 3.63) is 71.0 Å². The van der Waals surface area contributed by atoms with Crippen molar-refractivity contribution in [1.29, 1.82) is 0 Å². The number of thiazole rings is 1. The van der Waals surface area contributed by atoms with Crippen LogP contribution in [0.4, 0.5) is 4.39 Å². The first-order chi connectivity index (χ1) is 12.4. The van der Waals surface area contributed by atoms with E-state index >= 15 is 0 Å². The van der Waals surface area contributed by atoms with Gasteiger partial charge in [-0.1, -0.05) is 42.5 Å². The molecule has 0 radical (unpaired) electrons. The third-order valence-electron chi connectivity index (χ3n) is 3.45. The van der Waals surface area contributed by atoms with Crippen molar-refractivity contribution in [1.82, 2.24) is 15.2 Å². The van der Waals surface area contributed by atoms with Crippen LogP contribution in [0.25, 0.3) is 10.6 Å². The summed E-state index contributed by atoms with van der Waals surface area (Å²) in [6, 6.07) is 14.2. The van der Waals surface area contributed by atoms with Crippen LogP contribution in [-0.4, -0.2) is 19.3 Å². The van der Waals surface area contributed by atoms with Crippen molar-refractivity contribution in [3.63, 3.8) is 0 Å². The molecule has 0 spiro atoms. The Hall–Kier alpha value is -2.62. The minimum absolute atomic E-state index is 0.264. The predicted octanol–water partition coefficient (Wildman–Crippen LogP) is 2.88. The molecule has 0 aliphatic carbocycles. The van der Waals surface area contributed by atoms with Crippen molar-refractivity contribution < 1.29 is 17.6 Å². The van der Waals surface area contributed by atoms with Crippen molar-refractivity contribution in [2.45, 2.75) is 11.8 Å². The number of hydrogen-bond acceptors (Lipinski definition) is 5. The van der Waals surface area contributed by atoms with Gasteiger partial charge in [-0.25, -0.2) is 17.8 Å². The number of nitrogens with one attached hydrogen (secondary N) is 2. The van der Waals surface area contributed by atoms with Gasteiger partial charge < -0.3 is 0 Å². The van der Waals surface area contributed by atoms with Crippen LogP contribution in [0.15, 0.2) is 59.5 Å². The lowest BCUT2D eigenvalue weighted by Gasteiger charge is -2.08. The van der Waals surface area contributed by atoms with Crippen molar-refractivity contribution >= 4 is 27.3 Å². The largest absolute Gasteiger partial charge is 0.278 e. The predicted molar refractivity (Wildman–Crippen MR) is 96.5 cm³/mol. The van der Waals surface area contributed by atoms with Crippen LogP contribution in [0.5, 0.6) is 0 Å². The number of amides is 1. The molecule has 0 fully saturated rings. The first kappa shape index (κ1) is 18.2. The fourth-order valence-electron chi connectivity index (χ4n) is 2.20. The Morgan fingerprint density at radius 3 is 2.42 bits per heavy atom. The Bertz CT molecular complexity index is 1050. The van der Waals surface area contributed by atoms with E-state index in [1.54, 1.807) is 6.92 Å². The third kappa shape index (κ3) is 3.79. The number of aromatic nitrogens is 1. The van der Waals surface area contributed by atoms with E-state index in [9.17, 15) is 17.6 Å². The number of aryl methyl sites for hydroxylation is 1. The van der Waals surface area contributed by atoms with Gasteiger partial charge in [-0.05, 0) is 19.1 Å². The van der Waals surface area contributed by atoms with Gasteiger partial charge >= 0.3 is 0 Å². The minimum Gasteiger partial charge on any atom is -0.273 e. The summed E-state index contributed by atoms with van der Waals surface area (Å²) in [6.07, 6.45) is 0. The van der Waals surface area contributed by atoms with Crippen LogP contribution in [0.3, 0.4) is 0 Å². The summed E-state index contributed by atoms with van der Waals surface area (Å²) in [5.41, 5.74) is 3.42. The molecule has 0 saturated heterocycles. The molecule has 0 aliphatic rings. The zero-order valence-electron chi connectivity index (χ0n) is 13.6. The normalized spacial score (nSPS) is 11.3. The highest BCUT2D eigenvalue weighted by atomic mass is 32.2. The van der Waals surface area contributed by atoms with E-state index in [0.717, 1.165) is 29.0 Å². The monoisotopic (exact) mass is 391 g/mol. The highest BCUT2D eigenvalue weighted by Gasteiger charge is 2.21.